The normalized spacial score (nSPS) is 15.6. The van der Waals surface area contributed by atoms with E-state index in [4.69, 9.17) is 0 Å². The molecule has 2 amide bonds. The summed E-state index contributed by atoms with van der Waals surface area (Å²) in [5, 5.41) is -0.327. The Morgan fingerprint density at radius 2 is 1.90 bits per heavy atom. The van der Waals surface area contributed by atoms with E-state index in [2.05, 4.69) is 9.55 Å². The first-order chi connectivity index (χ1) is 13.9. The molecule has 7 heteroatoms. The predicted octanol–water partition coefficient (Wildman–Crippen LogP) is 4.86. The Hall–Kier alpha value is -3.19. The van der Waals surface area contributed by atoms with Crippen LogP contribution in [0.2, 0.25) is 0 Å². The van der Waals surface area contributed by atoms with Crippen molar-refractivity contribution in [3.8, 4) is 5.69 Å². The number of carbonyl (C=O) groups is 2. The maximum atomic E-state index is 13.1. The first-order valence-electron chi connectivity index (χ1n) is 9.03. The molecule has 0 bridgehead atoms. The number of hydrogen-bond donors (Lipinski definition) is 0. The third-order valence-corrected chi connectivity index (χ3v) is 5.70. The smallest absolute Gasteiger partial charge is 0.293 e. The Morgan fingerprint density at radius 3 is 2.59 bits per heavy atom. The van der Waals surface area contributed by atoms with Crippen molar-refractivity contribution in [3.05, 3.63) is 88.1 Å². The zero-order valence-corrected chi connectivity index (χ0v) is 16.7. The van der Waals surface area contributed by atoms with Crippen LogP contribution in [0, 0.1) is 19.7 Å². The largest absolute Gasteiger partial charge is 0.316 e. The molecule has 5 nitrogen and oxygen atoms in total. The van der Waals surface area contributed by atoms with Gasteiger partial charge in [0.15, 0.2) is 0 Å². The van der Waals surface area contributed by atoms with E-state index in [-0.39, 0.29) is 23.5 Å². The molecule has 1 aromatic carbocycles. The van der Waals surface area contributed by atoms with E-state index in [0.717, 1.165) is 34.4 Å². The lowest BCUT2D eigenvalue weighted by Gasteiger charge is -2.12. The molecule has 0 spiro atoms. The van der Waals surface area contributed by atoms with Gasteiger partial charge in [0.2, 0.25) is 0 Å². The summed E-state index contributed by atoms with van der Waals surface area (Å²) < 4.78 is 15.1. The maximum absolute atomic E-state index is 13.1. The second kappa shape index (κ2) is 7.67. The van der Waals surface area contributed by atoms with E-state index < -0.39 is 0 Å². The highest BCUT2D eigenvalue weighted by Gasteiger charge is 2.35. The number of rotatable bonds is 4. The Labute approximate surface area is 171 Å². The van der Waals surface area contributed by atoms with E-state index in [1.54, 1.807) is 30.6 Å². The molecule has 146 valence electrons. The highest BCUT2D eigenvalue weighted by Crippen LogP contribution is 2.34. The number of benzene rings is 1. The highest BCUT2D eigenvalue weighted by molar-refractivity contribution is 8.18. The molecule has 3 heterocycles. The van der Waals surface area contributed by atoms with Gasteiger partial charge in [-0.05, 0) is 73.1 Å². The van der Waals surface area contributed by atoms with Crippen LogP contribution in [0.1, 0.15) is 22.5 Å². The summed E-state index contributed by atoms with van der Waals surface area (Å²) in [6.45, 7) is 4.07. The van der Waals surface area contributed by atoms with Gasteiger partial charge in [0, 0.05) is 17.6 Å². The molecule has 3 aromatic rings. The average molecular weight is 407 g/mol. The van der Waals surface area contributed by atoms with Crippen LogP contribution in [-0.4, -0.2) is 25.6 Å². The molecule has 1 saturated heterocycles. The maximum Gasteiger partial charge on any atom is 0.293 e. The Morgan fingerprint density at radius 1 is 1.14 bits per heavy atom. The molecule has 2 aromatic heterocycles. The van der Waals surface area contributed by atoms with Crippen LogP contribution in [0.25, 0.3) is 11.8 Å². The molecule has 4 rings (SSSR count). The first kappa shape index (κ1) is 19.1. The first-order valence-corrected chi connectivity index (χ1v) is 9.85. The number of imide groups is 1. The topological polar surface area (TPSA) is 55.2 Å². The second-order valence-electron chi connectivity index (χ2n) is 6.77. The van der Waals surface area contributed by atoms with Crippen LogP contribution in [0.15, 0.2) is 59.8 Å². The summed E-state index contributed by atoms with van der Waals surface area (Å²) in [5.74, 6) is -0.692. The van der Waals surface area contributed by atoms with Gasteiger partial charge >= 0.3 is 0 Å². The molecule has 1 aliphatic rings. The van der Waals surface area contributed by atoms with Gasteiger partial charge < -0.3 is 4.57 Å². The van der Waals surface area contributed by atoms with Gasteiger partial charge in [-0.1, -0.05) is 12.1 Å². The van der Waals surface area contributed by atoms with Crippen LogP contribution in [0.3, 0.4) is 0 Å². The molecule has 0 N–H and O–H groups in total. The van der Waals surface area contributed by atoms with Crippen LogP contribution in [-0.2, 0) is 11.3 Å². The van der Waals surface area contributed by atoms with Gasteiger partial charge in [-0.2, -0.15) is 0 Å². The lowest BCUT2D eigenvalue weighted by atomic mass is 10.2. The van der Waals surface area contributed by atoms with Crippen molar-refractivity contribution >= 4 is 29.0 Å². The molecule has 0 radical (unpaired) electrons. The van der Waals surface area contributed by atoms with Crippen molar-refractivity contribution in [3.63, 3.8) is 0 Å². The molecule has 1 fully saturated rings. The summed E-state index contributed by atoms with van der Waals surface area (Å²) in [6.07, 6.45) is 5.25. The van der Waals surface area contributed by atoms with Gasteiger partial charge in [-0.15, -0.1) is 0 Å². The molecular weight excluding hydrogens is 389 g/mol. The number of nitrogens with zero attached hydrogens (tertiary/aromatic N) is 3. The minimum Gasteiger partial charge on any atom is -0.316 e. The summed E-state index contributed by atoms with van der Waals surface area (Å²) in [5.41, 5.74) is 4.48. The Bertz CT molecular complexity index is 1120. The number of amides is 2. The molecule has 0 unspecified atom stereocenters. The summed E-state index contributed by atoms with van der Waals surface area (Å²) >= 11 is 0.922. The molecule has 1 aliphatic heterocycles. The Kier molecular flexibility index (Phi) is 5.07. The van der Waals surface area contributed by atoms with Crippen molar-refractivity contribution in [2.75, 3.05) is 0 Å². The van der Waals surface area contributed by atoms with E-state index in [1.807, 2.05) is 32.0 Å². The van der Waals surface area contributed by atoms with Gasteiger partial charge in [0.25, 0.3) is 11.1 Å². The van der Waals surface area contributed by atoms with E-state index in [0.29, 0.717) is 10.5 Å². The average Bonchev–Trinajstić information content (AvgIpc) is 3.14. The third-order valence-electron chi connectivity index (χ3n) is 4.79. The molecular formula is C22H18FN3O2S. The number of carbonyl (C=O) groups excluding carboxylic acids is 2. The molecule has 0 aliphatic carbocycles. The van der Waals surface area contributed by atoms with Crippen molar-refractivity contribution in [2.24, 2.45) is 0 Å². The van der Waals surface area contributed by atoms with Gasteiger partial charge in [-0.3, -0.25) is 19.5 Å². The molecule has 0 atom stereocenters. The van der Waals surface area contributed by atoms with Crippen molar-refractivity contribution < 1.29 is 14.0 Å². The van der Waals surface area contributed by atoms with Crippen LogP contribution in [0.5, 0.6) is 0 Å². The monoisotopic (exact) mass is 407 g/mol. The quantitative estimate of drug-likeness (QED) is 0.580. The molecule has 29 heavy (non-hydrogen) atoms. The number of halogens is 1. The minimum absolute atomic E-state index is 0.122. The summed E-state index contributed by atoms with van der Waals surface area (Å²) in [4.78, 5) is 30.9. The van der Waals surface area contributed by atoms with Crippen LogP contribution >= 0.6 is 11.8 Å². The zero-order valence-electron chi connectivity index (χ0n) is 15.9. The number of aryl methyl sites for hydroxylation is 1. The second-order valence-corrected chi connectivity index (χ2v) is 7.76. The number of hydrogen-bond acceptors (Lipinski definition) is 4. The van der Waals surface area contributed by atoms with Gasteiger partial charge in [0.1, 0.15) is 5.82 Å². The lowest BCUT2D eigenvalue weighted by Crippen LogP contribution is -2.27. The number of thioether (sulfide) groups is 1. The van der Waals surface area contributed by atoms with Crippen LogP contribution in [0.4, 0.5) is 9.18 Å². The summed E-state index contributed by atoms with van der Waals surface area (Å²) in [7, 11) is 0. The van der Waals surface area contributed by atoms with Gasteiger partial charge in [-0.25, -0.2) is 4.39 Å². The third kappa shape index (κ3) is 3.73. The highest BCUT2D eigenvalue weighted by atomic mass is 32.2. The Balaban J connectivity index is 1.62. The van der Waals surface area contributed by atoms with Crippen molar-refractivity contribution in [2.45, 2.75) is 20.4 Å². The number of pyridine rings is 1. The summed E-state index contributed by atoms with van der Waals surface area (Å²) in [6, 6.07) is 11.6. The predicted molar refractivity (Wildman–Crippen MR) is 111 cm³/mol. The SMILES string of the molecule is Cc1cc(C=C2SC(=O)N(Cc3ccc(F)cc3)C2=O)c(C)n1-c1cccnc1. The lowest BCUT2D eigenvalue weighted by molar-refractivity contribution is -0.123. The van der Waals surface area contributed by atoms with Crippen molar-refractivity contribution in [1.82, 2.24) is 14.5 Å². The number of aromatic nitrogens is 2. The van der Waals surface area contributed by atoms with E-state index in [9.17, 15) is 14.0 Å². The fourth-order valence-corrected chi connectivity index (χ4v) is 4.20. The minimum atomic E-state index is -0.355. The molecule has 0 saturated carbocycles. The van der Waals surface area contributed by atoms with Crippen molar-refractivity contribution in [1.29, 1.82) is 0 Å². The fraction of sp³-hybridized carbons (Fsp3) is 0.136. The van der Waals surface area contributed by atoms with Crippen LogP contribution < -0.4 is 0 Å². The zero-order chi connectivity index (χ0) is 20.5. The van der Waals surface area contributed by atoms with Gasteiger partial charge in [0.05, 0.1) is 23.3 Å². The van der Waals surface area contributed by atoms with E-state index in [1.165, 1.54) is 17.0 Å². The van der Waals surface area contributed by atoms with E-state index >= 15 is 0 Å². The fourth-order valence-electron chi connectivity index (χ4n) is 3.37. The standard InChI is InChI=1S/C22H18FN3O2S/c1-14-10-17(15(2)26(14)19-4-3-9-24-12-19)11-20-21(27)25(22(28)29-20)13-16-5-7-18(23)8-6-16/h3-12H,13H2,1-2H3.